The third-order valence-electron chi connectivity index (χ3n) is 3.35. The monoisotopic (exact) mass is 288 g/mol. The Kier molecular flexibility index (Phi) is 4.33. The van der Waals surface area contributed by atoms with Crippen molar-refractivity contribution in [3.8, 4) is 11.5 Å². The van der Waals surface area contributed by atoms with Gasteiger partial charge in [-0.3, -0.25) is 0 Å². The van der Waals surface area contributed by atoms with Crippen LogP contribution in [0.3, 0.4) is 0 Å². The van der Waals surface area contributed by atoms with Crippen molar-refractivity contribution >= 4 is 0 Å². The SMILES string of the molecule is CC(O)c1cc(F)ccc1Oc1cccc(C(C)(C)C)c1. The summed E-state index contributed by atoms with van der Waals surface area (Å²) >= 11 is 0. The first-order chi connectivity index (χ1) is 9.77. The molecule has 0 amide bonds. The maximum Gasteiger partial charge on any atom is 0.133 e. The van der Waals surface area contributed by atoms with Crippen molar-refractivity contribution in [2.75, 3.05) is 0 Å². The molecule has 0 aliphatic heterocycles. The lowest BCUT2D eigenvalue weighted by atomic mass is 9.87. The van der Waals surface area contributed by atoms with E-state index < -0.39 is 6.10 Å². The van der Waals surface area contributed by atoms with E-state index in [1.807, 2.05) is 24.3 Å². The molecule has 1 N–H and O–H groups in total. The van der Waals surface area contributed by atoms with Gasteiger partial charge in [-0.2, -0.15) is 0 Å². The minimum absolute atomic E-state index is 0.0231. The van der Waals surface area contributed by atoms with Crippen LogP contribution < -0.4 is 4.74 Å². The highest BCUT2D eigenvalue weighted by Crippen LogP contribution is 2.32. The molecule has 0 spiro atoms. The molecule has 0 heterocycles. The van der Waals surface area contributed by atoms with Gasteiger partial charge in [0.05, 0.1) is 6.10 Å². The highest BCUT2D eigenvalue weighted by atomic mass is 19.1. The molecule has 0 aliphatic rings. The van der Waals surface area contributed by atoms with E-state index in [0.717, 1.165) is 5.56 Å². The van der Waals surface area contributed by atoms with Gasteiger partial charge in [0, 0.05) is 5.56 Å². The van der Waals surface area contributed by atoms with Crippen LogP contribution in [-0.2, 0) is 5.41 Å². The molecule has 1 atom stereocenters. The summed E-state index contributed by atoms with van der Waals surface area (Å²) in [5, 5.41) is 9.74. The van der Waals surface area contributed by atoms with Gasteiger partial charge in [-0.1, -0.05) is 32.9 Å². The number of benzene rings is 2. The number of aliphatic hydroxyl groups excluding tert-OH is 1. The molecule has 112 valence electrons. The summed E-state index contributed by atoms with van der Waals surface area (Å²) in [5.41, 5.74) is 1.62. The van der Waals surface area contributed by atoms with Crippen LogP contribution in [0.5, 0.6) is 11.5 Å². The minimum atomic E-state index is -0.790. The molecular weight excluding hydrogens is 267 g/mol. The largest absolute Gasteiger partial charge is 0.457 e. The van der Waals surface area contributed by atoms with Crippen molar-refractivity contribution in [3.05, 3.63) is 59.4 Å². The van der Waals surface area contributed by atoms with Crippen molar-refractivity contribution in [1.82, 2.24) is 0 Å². The van der Waals surface area contributed by atoms with Crippen LogP contribution in [0.1, 0.15) is 44.9 Å². The van der Waals surface area contributed by atoms with E-state index >= 15 is 0 Å². The molecule has 0 saturated carbocycles. The zero-order valence-corrected chi connectivity index (χ0v) is 12.9. The Labute approximate surface area is 125 Å². The van der Waals surface area contributed by atoms with E-state index in [1.54, 1.807) is 13.0 Å². The summed E-state index contributed by atoms with van der Waals surface area (Å²) in [6, 6.07) is 12.0. The van der Waals surface area contributed by atoms with Gasteiger partial charge in [-0.25, -0.2) is 4.39 Å². The Hall–Kier alpha value is -1.87. The summed E-state index contributed by atoms with van der Waals surface area (Å²) < 4.78 is 19.1. The second kappa shape index (κ2) is 5.86. The van der Waals surface area contributed by atoms with Crippen LogP contribution in [0.25, 0.3) is 0 Å². The van der Waals surface area contributed by atoms with Gasteiger partial charge in [0.1, 0.15) is 17.3 Å². The van der Waals surface area contributed by atoms with E-state index in [2.05, 4.69) is 20.8 Å². The van der Waals surface area contributed by atoms with Crippen LogP contribution in [-0.4, -0.2) is 5.11 Å². The van der Waals surface area contributed by atoms with Gasteiger partial charge >= 0.3 is 0 Å². The quantitative estimate of drug-likeness (QED) is 0.864. The summed E-state index contributed by atoms with van der Waals surface area (Å²) in [7, 11) is 0. The van der Waals surface area contributed by atoms with Crippen molar-refractivity contribution in [1.29, 1.82) is 0 Å². The maximum atomic E-state index is 13.3. The molecule has 2 nitrogen and oxygen atoms in total. The van der Waals surface area contributed by atoms with Crippen LogP contribution in [0.4, 0.5) is 4.39 Å². The molecule has 0 radical (unpaired) electrons. The normalized spacial score (nSPS) is 13.0. The first-order valence-corrected chi connectivity index (χ1v) is 7.03. The average molecular weight is 288 g/mol. The molecule has 0 aromatic heterocycles. The molecular formula is C18H21FO2. The number of aliphatic hydroxyl groups is 1. The van der Waals surface area contributed by atoms with Gasteiger partial charge in [0.15, 0.2) is 0 Å². The number of hydrogen-bond donors (Lipinski definition) is 1. The fourth-order valence-electron chi connectivity index (χ4n) is 2.09. The van der Waals surface area contributed by atoms with Crippen molar-refractivity contribution in [3.63, 3.8) is 0 Å². The van der Waals surface area contributed by atoms with Crippen molar-refractivity contribution in [2.24, 2.45) is 0 Å². The Bertz CT molecular complexity index is 627. The molecule has 2 aromatic carbocycles. The molecule has 0 saturated heterocycles. The summed E-state index contributed by atoms with van der Waals surface area (Å²) in [5.74, 6) is 0.759. The lowest BCUT2D eigenvalue weighted by molar-refractivity contribution is 0.195. The Morgan fingerprint density at radius 1 is 1.10 bits per heavy atom. The minimum Gasteiger partial charge on any atom is -0.457 e. The molecule has 2 rings (SSSR count). The first kappa shape index (κ1) is 15.5. The Morgan fingerprint density at radius 2 is 1.81 bits per heavy atom. The molecule has 3 heteroatoms. The van der Waals surface area contributed by atoms with Gasteiger partial charge in [-0.15, -0.1) is 0 Å². The number of hydrogen-bond acceptors (Lipinski definition) is 2. The van der Waals surface area contributed by atoms with Gasteiger partial charge in [0.25, 0.3) is 0 Å². The van der Waals surface area contributed by atoms with Crippen LogP contribution >= 0.6 is 0 Å². The van der Waals surface area contributed by atoms with E-state index in [-0.39, 0.29) is 11.2 Å². The predicted octanol–water partition coefficient (Wildman–Crippen LogP) is 4.97. The summed E-state index contributed by atoms with van der Waals surface area (Å²) in [4.78, 5) is 0. The Morgan fingerprint density at radius 3 is 2.43 bits per heavy atom. The van der Waals surface area contributed by atoms with Gasteiger partial charge in [-0.05, 0) is 48.2 Å². The van der Waals surface area contributed by atoms with Crippen molar-refractivity contribution in [2.45, 2.75) is 39.2 Å². The molecule has 0 aliphatic carbocycles. The summed E-state index contributed by atoms with van der Waals surface area (Å²) in [6.07, 6.45) is -0.790. The summed E-state index contributed by atoms with van der Waals surface area (Å²) in [6.45, 7) is 7.98. The van der Waals surface area contributed by atoms with Gasteiger partial charge in [0.2, 0.25) is 0 Å². The highest BCUT2D eigenvalue weighted by molar-refractivity contribution is 5.41. The van der Waals surface area contributed by atoms with Crippen LogP contribution in [0.15, 0.2) is 42.5 Å². The first-order valence-electron chi connectivity index (χ1n) is 7.03. The zero-order valence-electron chi connectivity index (χ0n) is 12.9. The number of ether oxygens (including phenoxy) is 1. The fourth-order valence-corrected chi connectivity index (χ4v) is 2.09. The maximum absolute atomic E-state index is 13.3. The molecule has 2 aromatic rings. The van der Waals surface area contributed by atoms with E-state index in [4.69, 9.17) is 4.74 Å². The average Bonchev–Trinajstić information content (AvgIpc) is 2.40. The lowest BCUT2D eigenvalue weighted by Gasteiger charge is -2.20. The third-order valence-corrected chi connectivity index (χ3v) is 3.35. The highest BCUT2D eigenvalue weighted by Gasteiger charge is 2.15. The van der Waals surface area contributed by atoms with E-state index in [9.17, 15) is 9.50 Å². The number of rotatable bonds is 3. The topological polar surface area (TPSA) is 29.5 Å². The smallest absolute Gasteiger partial charge is 0.133 e. The fraction of sp³-hybridized carbons (Fsp3) is 0.333. The van der Waals surface area contributed by atoms with E-state index in [0.29, 0.717) is 17.1 Å². The molecule has 1 unspecified atom stereocenters. The standard InChI is InChI=1S/C18H21FO2/c1-12(20)16-11-14(19)8-9-17(16)21-15-7-5-6-13(10-15)18(2,3)4/h5-12,20H,1-4H3. The lowest BCUT2D eigenvalue weighted by Crippen LogP contribution is -2.10. The molecule has 0 fully saturated rings. The molecule has 0 bridgehead atoms. The second-order valence-electron chi connectivity index (χ2n) is 6.24. The van der Waals surface area contributed by atoms with Crippen molar-refractivity contribution < 1.29 is 14.2 Å². The molecule has 21 heavy (non-hydrogen) atoms. The predicted molar refractivity (Wildman–Crippen MR) is 82.2 cm³/mol. The zero-order chi connectivity index (χ0) is 15.6. The number of halogens is 1. The van der Waals surface area contributed by atoms with Gasteiger partial charge < -0.3 is 9.84 Å². The Balaban J connectivity index is 2.35. The second-order valence-corrected chi connectivity index (χ2v) is 6.24. The van der Waals surface area contributed by atoms with E-state index in [1.165, 1.54) is 12.1 Å². The van der Waals surface area contributed by atoms with Crippen LogP contribution in [0, 0.1) is 5.82 Å². The van der Waals surface area contributed by atoms with Crippen LogP contribution in [0.2, 0.25) is 0 Å². The third kappa shape index (κ3) is 3.82.